The number of benzene rings is 2. The average molecular weight is 315 g/mol. The molecule has 5 nitrogen and oxygen atoms in total. The summed E-state index contributed by atoms with van der Waals surface area (Å²) in [5.74, 6) is 1.05. The Morgan fingerprint density at radius 1 is 0.958 bits per heavy atom. The maximum absolute atomic E-state index is 12.9. The molecule has 2 aromatic carbocycles. The summed E-state index contributed by atoms with van der Waals surface area (Å²) in [5, 5.41) is 4.82. The van der Waals surface area contributed by atoms with Gasteiger partial charge in [0, 0.05) is 5.56 Å². The number of nitrogens with zero attached hydrogens (tertiary/aromatic N) is 3. The highest BCUT2D eigenvalue weighted by Gasteiger charge is 2.11. The van der Waals surface area contributed by atoms with Crippen LogP contribution in [0.25, 0.3) is 22.3 Å². The first-order valence-corrected chi connectivity index (χ1v) is 7.48. The maximum atomic E-state index is 12.9. The highest BCUT2D eigenvalue weighted by molar-refractivity contribution is 5.80. The molecule has 0 saturated heterocycles. The maximum Gasteiger partial charge on any atom is 0.282 e. The third-order valence-corrected chi connectivity index (χ3v) is 3.63. The highest BCUT2D eigenvalue weighted by atomic mass is 16.3. The number of furan rings is 1. The van der Waals surface area contributed by atoms with Crippen LogP contribution in [0.3, 0.4) is 0 Å². The molecule has 116 valence electrons. The molecule has 24 heavy (non-hydrogen) atoms. The van der Waals surface area contributed by atoms with Gasteiger partial charge in [-0.15, -0.1) is 0 Å². The number of rotatable bonds is 3. The van der Waals surface area contributed by atoms with Gasteiger partial charge in [-0.3, -0.25) is 4.79 Å². The SMILES string of the molecule is O=c1c2ccccc2nc(-c2ccccc2)n1N=Cc1ccco1. The van der Waals surface area contributed by atoms with Gasteiger partial charge in [0.15, 0.2) is 5.82 Å². The van der Waals surface area contributed by atoms with E-state index in [1.807, 2.05) is 48.5 Å². The molecule has 0 spiro atoms. The van der Waals surface area contributed by atoms with E-state index >= 15 is 0 Å². The van der Waals surface area contributed by atoms with Crippen LogP contribution in [-0.4, -0.2) is 15.9 Å². The Morgan fingerprint density at radius 2 is 1.75 bits per heavy atom. The van der Waals surface area contributed by atoms with Crippen LogP contribution >= 0.6 is 0 Å². The minimum Gasteiger partial charge on any atom is -0.463 e. The summed E-state index contributed by atoms with van der Waals surface area (Å²) in [4.78, 5) is 17.5. The van der Waals surface area contributed by atoms with Gasteiger partial charge in [0.2, 0.25) is 0 Å². The van der Waals surface area contributed by atoms with Crippen LogP contribution in [0.15, 0.2) is 87.3 Å². The minimum atomic E-state index is -0.220. The standard InChI is InChI=1S/C19H13N3O2/c23-19-16-10-4-5-11-17(16)21-18(14-7-2-1-3-8-14)22(19)20-13-15-9-6-12-24-15/h1-13H. The lowest BCUT2D eigenvalue weighted by Gasteiger charge is -2.09. The molecule has 0 fully saturated rings. The van der Waals surface area contributed by atoms with Crippen LogP contribution in [0.4, 0.5) is 0 Å². The van der Waals surface area contributed by atoms with E-state index in [-0.39, 0.29) is 5.56 Å². The van der Waals surface area contributed by atoms with Crippen LogP contribution < -0.4 is 5.56 Å². The monoisotopic (exact) mass is 315 g/mol. The molecule has 4 rings (SSSR count). The van der Waals surface area contributed by atoms with Gasteiger partial charge in [0.25, 0.3) is 5.56 Å². The van der Waals surface area contributed by atoms with Crippen LogP contribution in [0.5, 0.6) is 0 Å². The fourth-order valence-electron chi connectivity index (χ4n) is 2.48. The lowest BCUT2D eigenvalue weighted by molar-refractivity contribution is 0.559. The van der Waals surface area contributed by atoms with Crippen molar-refractivity contribution in [2.75, 3.05) is 0 Å². The summed E-state index contributed by atoms with van der Waals surface area (Å²) in [7, 11) is 0. The molecule has 2 heterocycles. The quantitative estimate of drug-likeness (QED) is 0.543. The van der Waals surface area contributed by atoms with Gasteiger partial charge >= 0.3 is 0 Å². The molecule has 4 aromatic rings. The summed E-state index contributed by atoms with van der Waals surface area (Å²) in [6.07, 6.45) is 3.06. The predicted molar refractivity (Wildman–Crippen MR) is 93.1 cm³/mol. The van der Waals surface area contributed by atoms with Crippen LogP contribution in [0.2, 0.25) is 0 Å². The minimum absolute atomic E-state index is 0.220. The Balaban J connectivity index is 1.98. The van der Waals surface area contributed by atoms with Crippen LogP contribution in [0, 0.1) is 0 Å². The fourth-order valence-corrected chi connectivity index (χ4v) is 2.48. The second-order valence-corrected chi connectivity index (χ2v) is 5.20. The average Bonchev–Trinajstić information content (AvgIpc) is 3.15. The zero-order valence-electron chi connectivity index (χ0n) is 12.7. The van der Waals surface area contributed by atoms with Crippen molar-refractivity contribution in [1.29, 1.82) is 0 Å². The van der Waals surface area contributed by atoms with Crippen molar-refractivity contribution in [3.63, 3.8) is 0 Å². The number of aromatic nitrogens is 2. The van der Waals surface area contributed by atoms with Gasteiger partial charge in [-0.25, -0.2) is 4.98 Å². The first-order valence-electron chi connectivity index (χ1n) is 7.48. The number of hydrogen-bond acceptors (Lipinski definition) is 4. The third kappa shape index (κ3) is 2.52. The first-order chi connectivity index (χ1) is 11.8. The fraction of sp³-hybridized carbons (Fsp3) is 0. The van der Waals surface area contributed by atoms with Gasteiger partial charge < -0.3 is 4.42 Å². The van der Waals surface area contributed by atoms with Crippen LogP contribution in [-0.2, 0) is 0 Å². The van der Waals surface area contributed by atoms with Gasteiger partial charge in [0.05, 0.1) is 23.4 Å². The molecule has 0 atom stereocenters. The normalized spacial score (nSPS) is 11.3. The van der Waals surface area contributed by atoms with Gasteiger partial charge in [-0.2, -0.15) is 9.78 Å². The molecule has 0 aliphatic rings. The van der Waals surface area contributed by atoms with Crippen molar-refractivity contribution in [3.05, 3.63) is 89.1 Å². The van der Waals surface area contributed by atoms with Crippen molar-refractivity contribution in [2.24, 2.45) is 5.10 Å². The second-order valence-electron chi connectivity index (χ2n) is 5.20. The van der Waals surface area contributed by atoms with Crippen molar-refractivity contribution >= 4 is 17.1 Å². The lowest BCUT2D eigenvalue weighted by atomic mass is 10.2. The zero-order valence-corrected chi connectivity index (χ0v) is 12.7. The van der Waals surface area contributed by atoms with E-state index in [2.05, 4.69) is 10.1 Å². The number of hydrogen-bond donors (Lipinski definition) is 0. The molecular formula is C19H13N3O2. The highest BCUT2D eigenvalue weighted by Crippen LogP contribution is 2.18. The molecule has 0 N–H and O–H groups in total. The van der Waals surface area contributed by atoms with E-state index < -0.39 is 0 Å². The smallest absolute Gasteiger partial charge is 0.282 e. The molecule has 0 unspecified atom stereocenters. The molecule has 2 aromatic heterocycles. The Morgan fingerprint density at radius 3 is 2.54 bits per heavy atom. The van der Waals surface area contributed by atoms with Crippen molar-refractivity contribution < 1.29 is 4.42 Å². The molecule has 0 saturated carbocycles. The Hall–Kier alpha value is -3.47. The van der Waals surface area contributed by atoms with Crippen molar-refractivity contribution in [2.45, 2.75) is 0 Å². The zero-order chi connectivity index (χ0) is 16.4. The second kappa shape index (κ2) is 5.96. The van der Waals surface area contributed by atoms with Gasteiger partial charge in [-0.05, 0) is 24.3 Å². The Labute approximate surface area is 137 Å². The molecule has 0 radical (unpaired) electrons. The van der Waals surface area contributed by atoms with Crippen molar-refractivity contribution in [3.8, 4) is 11.4 Å². The largest absolute Gasteiger partial charge is 0.463 e. The third-order valence-electron chi connectivity index (χ3n) is 3.63. The lowest BCUT2D eigenvalue weighted by Crippen LogP contribution is -2.20. The topological polar surface area (TPSA) is 60.4 Å². The predicted octanol–water partition coefficient (Wildman–Crippen LogP) is 3.54. The summed E-state index contributed by atoms with van der Waals surface area (Å²) in [6.45, 7) is 0. The van der Waals surface area contributed by atoms with E-state index in [0.29, 0.717) is 22.5 Å². The van der Waals surface area contributed by atoms with Gasteiger partial charge in [0.1, 0.15) is 5.76 Å². The van der Waals surface area contributed by atoms with E-state index in [1.165, 1.54) is 10.9 Å². The molecule has 0 aliphatic carbocycles. The summed E-state index contributed by atoms with van der Waals surface area (Å²) in [5.41, 5.74) is 1.24. The molecule has 0 aliphatic heterocycles. The number of para-hydroxylation sites is 1. The summed E-state index contributed by atoms with van der Waals surface area (Å²) in [6, 6.07) is 20.3. The first kappa shape index (κ1) is 14.1. The van der Waals surface area contributed by atoms with E-state index in [9.17, 15) is 4.79 Å². The van der Waals surface area contributed by atoms with E-state index in [0.717, 1.165) is 5.56 Å². The summed E-state index contributed by atoms with van der Waals surface area (Å²) >= 11 is 0. The molecule has 5 heteroatoms. The van der Waals surface area contributed by atoms with E-state index in [1.54, 1.807) is 24.5 Å². The molecule has 0 amide bonds. The summed E-state index contributed by atoms with van der Waals surface area (Å²) < 4.78 is 6.55. The Bertz CT molecular complexity index is 1060. The van der Waals surface area contributed by atoms with Crippen LogP contribution in [0.1, 0.15) is 5.76 Å². The molecule has 0 bridgehead atoms. The number of fused-ring (bicyclic) bond motifs is 1. The molecular weight excluding hydrogens is 302 g/mol. The van der Waals surface area contributed by atoms with E-state index in [4.69, 9.17) is 4.42 Å². The van der Waals surface area contributed by atoms with Gasteiger partial charge in [-0.1, -0.05) is 42.5 Å². The van der Waals surface area contributed by atoms with Crippen molar-refractivity contribution in [1.82, 2.24) is 9.66 Å². The Kier molecular flexibility index (Phi) is 3.51.